The highest BCUT2D eigenvalue weighted by atomic mass is 32.2. The van der Waals surface area contributed by atoms with Crippen molar-refractivity contribution in [3.05, 3.63) is 77.6 Å². The van der Waals surface area contributed by atoms with Crippen LogP contribution in [0.5, 0.6) is 11.5 Å². The first kappa shape index (κ1) is 32.4. The van der Waals surface area contributed by atoms with E-state index in [0.29, 0.717) is 30.2 Å². The first-order valence-electron chi connectivity index (χ1n) is 14.0. The summed E-state index contributed by atoms with van der Waals surface area (Å²) in [6.07, 6.45) is 7.10. The summed E-state index contributed by atoms with van der Waals surface area (Å²) in [5, 5.41) is 0. The van der Waals surface area contributed by atoms with E-state index in [0.717, 1.165) is 28.3 Å². The Morgan fingerprint density at radius 2 is 1.61 bits per heavy atom. The lowest BCUT2D eigenvalue weighted by molar-refractivity contribution is 0.147. The van der Waals surface area contributed by atoms with Gasteiger partial charge in [0.1, 0.15) is 5.76 Å². The molecule has 3 aromatic rings. The van der Waals surface area contributed by atoms with Crippen LogP contribution in [0.3, 0.4) is 0 Å². The summed E-state index contributed by atoms with van der Waals surface area (Å²) >= 11 is 0. The zero-order valence-corrected chi connectivity index (χ0v) is 27.0. The minimum Gasteiger partial charge on any atom is -0.493 e. The zero-order chi connectivity index (χ0) is 32.1. The second-order valence-electron chi connectivity index (χ2n) is 10.8. The molecule has 0 spiro atoms. The summed E-state index contributed by atoms with van der Waals surface area (Å²) < 4.78 is 44.1. The first-order valence-corrected chi connectivity index (χ1v) is 15.5. The van der Waals surface area contributed by atoms with Gasteiger partial charge in [-0.1, -0.05) is 29.8 Å². The number of carbonyl (C=O) groups excluding carboxylic acids is 1. The molecule has 1 aliphatic carbocycles. The highest BCUT2D eigenvalue weighted by molar-refractivity contribution is 7.92. The van der Waals surface area contributed by atoms with Crippen LogP contribution in [0.15, 0.2) is 71.3 Å². The molecule has 0 aliphatic heterocycles. The summed E-state index contributed by atoms with van der Waals surface area (Å²) in [4.78, 5) is 28.8. The van der Waals surface area contributed by atoms with Crippen LogP contribution in [0.1, 0.15) is 24.0 Å². The number of hydrogen-bond acceptors (Lipinski definition) is 10. The molecule has 1 heterocycles. The first-order chi connectivity index (χ1) is 20.9. The molecule has 0 radical (unpaired) electrons. The Morgan fingerprint density at radius 1 is 0.932 bits per heavy atom. The van der Waals surface area contributed by atoms with Gasteiger partial charge in [-0.3, -0.25) is 0 Å². The van der Waals surface area contributed by atoms with Gasteiger partial charge in [0.05, 0.1) is 33.2 Å². The molecule has 1 aliphatic rings. The number of likely N-dealkylation sites (N-methyl/N-ethyl adjacent to an activating group) is 1. The van der Waals surface area contributed by atoms with Gasteiger partial charge in [-0.05, 0) is 68.2 Å². The molecule has 2 aromatic carbocycles. The number of aryl methyl sites for hydroxylation is 1. The van der Waals surface area contributed by atoms with E-state index in [9.17, 15) is 13.2 Å². The van der Waals surface area contributed by atoms with Crippen molar-refractivity contribution in [3.63, 3.8) is 0 Å². The summed E-state index contributed by atoms with van der Waals surface area (Å²) in [6.45, 7) is 2.34. The second-order valence-corrected chi connectivity index (χ2v) is 12.8. The van der Waals surface area contributed by atoms with Gasteiger partial charge in [-0.25, -0.2) is 12.7 Å². The van der Waals surface area contributed by atoms with Gasteiger partial charge >= 0.3 is 12.0 Å². The fourth-order valence-corrected chi connectivity index (χ4v) is 5.37. The molecule has 0 bridgehead atoms. The predicted molar refractivity (Wildman–Crippen MR) is 170 cm³/mol. The van der Waals surface area contributed by atoms with Crippen LogP contribution in [0.4, 0.5) is 22.6 Å². The maximum absolute atomic E-state index is 13.6. The van der Waals surface area contributed by atoms with Gasteiger partial charge in [0.25, 0.3) is 10.0 Å². The molecule has 234 valence electrons. The SMILES string of the molecule is COc1ccc(CCN(C)c2nc(N(C)S(=O)(=O)c3ccc(C)cc3)nc([N+](C)(C)C(=O)OC3=CCCC=C3)n2)cc1OC. The van der Waals surface area contributed by atoms with Gasteiger partial charge < -0.3 is 19.1 Å². The van der Waals surface area contributed by atoms with E-state index >= 15 is 0 Å². The molecule has 4 rings (SSSR count). The largest absolute Gasteiger partial charge is 0.528 e. The number of sulfonamides is 1. The number of nitrogens with zero attached hydrogens (tertiary/aromatic N) is 6. The number of allylic oxidation sites excluding steroid dienone is 3. The molecule has 12 nitrogen and oxygen atoms in total. The van der Waals surface area contributed by atoms with Gasteiger partial charge in [-0.2, -0.15) is 14.3 Å². The number of carbonyl (C=O) groups is 1. The molecule has 44 heavy (non-hydrogen) atoms. The molecule has 0 saturated heterocycles. The summed E-state index contributed by atoms with van der Waals surface area (Å²) in [5.74, 6) is 1.74. The summed E-state index contributed by atoms with van der Waals surface area (Å²) in [7, 11) is 5.44. The third kappa shape index (κ3) is 7.17. The lowest BCUT2D eigenvalue weighted by Crippen LogP contribution is -2.48. The third-order valence-electron chi connectivity index (χ3n) is 7.21. The smallest absolute Gasteiger partial charge is 0.493 e. The highest BCUT2D eigenvalue weighted by Gasteiger charge is 2.38. The molecule has 0 fully saturated rings. The van der Waals surface area contributed by atoms with Gasteiger partial charge in [0, 0.05) is 20.6 Å². The van der Waals surface area contributed by atoms with Crippen molar-refractivity contribution >= 4 is 34.0 Å². The lowest BCUT2D eigenvalue weighted by atomic mass is 10.1. The van der Waals surface area contributed by atoms with Crippen LogP contribution < -0.4 is 23.2 Å². The lowest BCUT2D eigenvalue weighted by Gasteiger charge is -2.26. The van der Waals surface area contributed by atoms with Crippen molar-refractivity contribution in [2.75, 3.05) is 58.2 Å². The molecule has 13 heteroatoms. The standard InChI is InChI=1S/C31H39N6O6S/c1-22-13-16-25(17-14-22)44(39,40)36(3)29-32-28(35(2)20-19-23-15-18-26(41-6)27(21-23)42-7)33-30(34-29)37(4,5)31(38)43-24-11-9-8-10-12-24/h9,11-18,21H,8,10,19-20H2,1-7H3/q+1. The normalized spacial score (nSPS) is 13.2. The van der Waals surface area contributed by atoms with Crippen molar-refractivity contribution in [3.8, 4) is 11.5 Å². The number of benzene rings is 2. The Labute approximate surface area is 258 Å². The Hall–Kier alpha value is -4.49. The van der Waals surface area contributed by atoms with Crippen LogP contribution in [0.25, 0.3) is 0 Å². The van der Waals surface area contributed by atoms with E-state index in [2.05, 4.69) is 15.0 Å². The molecule has 0 atom stereocenters. The van der Waals surface area contributed by atoms with Gasteiger partial charge in [0.15, 0.2) is 11.5 Å². The van der Waals surface area contributed by atoms with E-state index in [1.165, 1.54) is 19.2 Å². The average Bonchev–Trinajstić information content (AvgIpc) is 3.03. The maximum atomic E-state index is 13.6. The van der Waals surface area contributed by atoms with E-state index in [4.69, 9.17) is 14.2 Å². The van der Waals surface area contributed by atoms with Crippen molar-refractivity contribution in [1.82, 2.24) is 19.4 Å². The van der Waals surface area contributed by atoms with Crippen molar-refractivity contribution in [2.45, 2.75) is 31.1 Å². The fraction of sp³-hybridized carbons (Fsp3) is 0.355. The number of methoxy groups -OCH3 is 2. The predicted octanol–water partition coefficient (Wildman–Crippen LogP) is 4.64. The second kappa shape index (κ2) is 13.4. The molecule has 0 saturated carbocycles. The minimum atomic E-state index is -4.03. The Kier molecular flexibility index (Phi) is 9.90. The number of amides is 1. The van der Waals surface area contributed by atoms with Crippen molar-refractivity contribution in [2.24, 2.45) is 0 Å². The third-order valence-corrected chi connectivity index (χ3v) is 8.96. The fourth-order valence-electron chi connectivity index (χ4n) is 4.28. The van der Waals surface area contributed by atoms with Crippen LogP contribution >= 0.6 is 0 Å². The van der Waals surface area contributed by atoms with Crippen molar-refractivity contribution in [1.29, 1.82) is 0 Å². The zero-order valence-electron chi connectivity index (χ0n) is 26.1. The Balaban J connectivity index is 1.70. The number of ether oxygens (including phenoxy) is 3. The van der Waals surface area contributed by atoms with Gasteiger partial charge in [0.2, 0.25) is 11.9 Å². The quantitative estimate of drug-likeness (QED) is 0.279. The van der Waals surface area contributed by atoms with E-state index in [1.807, 2.05) is 37.3 Å². The molecular formula is C31H39N6O6S+. The average molecular weight is 624 g/mol. The summed E-state index contributed by atoms with van der Waals surface area (Å²) in [5.41, 5.74) is 1.91. The van der Waals surface area contributed by atoms with Crippen LogP contribution in [-0.2, 0) is 21.2 Å². The van der Waals surface area contributed by atoms with Crippen LogP contribution in [-0.4, -0.2) is 78.4 Å². The monoisotopic (exact) mass is 623 g/mol. The highest BCUT2D eigenvalue weighted by Crippen LogP contribution is 2.29. The van der Waals surface area contributed by atoms with E-state index < -0.39 is 20.6 Å². The van der Waals surface area contributed by atoms with Crippen LogP contribution in [0.2, 0.25) is 0 Å². The number of hydrogen-bond donors (Lipinski definition) is 0. The maximum Gasteiger partial charge on any atom is 0.528 e. The van der Waals surface area contributed by atoms with Gasteiger partial charge in [-0.15, -0.1) is 9.97 Å². The topological polar surface area (TPSA) is 124 Å². The van der Waals surface area contributed by atoms with E-state index in [1.54, 1.807) is 58.5 Å². The van der Waals surface area contributed by atoms with E-state index in [-0.39, 0.29) is 22.7 Å². The Morgan fingerprint density at radius 3 is 2.25 bits per heavy atom. The van der Waals surface area contributed by atoms with Crippen molar-refractivity contribution < 1.29 is 27.4 Å². The molecule has 0 unspecified atom stereocenters. The molecule has 1 amide bonds. The molecular weight excluding hydrogens is 584 g/mol. The number of quaternary nitrogens is 1. The molecule has 0 N–H and O–H groups in total. The number of anilines is 2. The minimum absolute atomic E-state index is 0.0133. The van der Waals surface area contributed by atoms with Crippen LogP contribution in [0, 0.1) is 6.92 Å². The number of aromatic nitrogens is 3. The number of rotatable bonds is 11. The molecule has 1 aromatic heterocycles. The summed E-state index contributed by atoms with van der Waals surface area (Å²) in [6, 6.07) is 12.2. The Bertz CT molecular complexity index is 1670.